The number of carbonyl (C=O) groups is 2. The fraction of sp³-hybridized carbons (Fsp3) is 0.273. The van der Waals surface area contributed by atoms with Gasteiger partial charge >= 0.3 is 5.97 Å². The highest BCUT2D eigenvalue weighted by molar-refractivity contribution is 6.32. The molecule has 2 rings (SSSR count). The van der Waals surface area contributed by atoms with Crippen LogP contribution >= 0.6 is 11.6 Å². The first-order chi connectivity index (χ1) is 8.04. The highest BCUT2D eigenvalue weighted by Crippen LogP contribution is 2.32. The normalized spacial score (nSPS) is 18.8. The number of carboxylic acid groups (broad SMARTS) is 1. The van der Waals surface area contributed by atoms with Crippen LogP contribution in [-0.4, -0.2) is 30.6 Å². The molecule has 1 fully saturated rings. The highest BCUT2D eigenvalue weighted by atomic mass is 35.5. The predicted octanol–water partition coefficient (Wildman–Crippen LogP) is 1.40. The summed E-state index contributed by atoms with van der Waals surface area (Å²) in [6, 6.07) is 4.89. The van der Waals surface area contributed by atoms with Crippen molar-refractivity contribution < 1.29 is 19.4 Å². The molecule has 1 aromatic carbocycles. The first-order valence-electron chi connectivity index (χ1n) is 4.92. The van der Waals surface area contributed by atoms with Crippen LogP contribution in [0.4, 0.5) is 5.69 Å². The Morgan fingerprint density at radius 1 is 1.59 bits per heavy atom. The lowest BCUT2D eigenvalue weighted by Gasteiger charge is -2.36. The van der Waals surface area contributed by atoms with Crippen LogP contribution in [0.1, 0.15) is 0 Å². The Labute approximate surface area is 103 Å². The SMILES string of the molecule is COc1ccc(N2CC(C(=O)O)C2=O)cc1Cl. The summed E-state index contributed by atoms with van der Waals surface area (Å²) >= 11 is 5.92. The van der Waals surface area contributed by atoms with Crippen molar-refractivity contribution in [1.29, 1.82) is 0 Å². The molecule has 0 bridgehead atoms. The number of hydrogen-bond donors (Lipinski definition) is 1. The van der Waals surface area contributed by atoms with Crippen molar-refractivity contribution in [2.45, 2.75) is 0 Å². The number of β-lactam (4-membered cyclic amide) rings is 1. The predicted molar refractivity (Wildman–Crippen MR) is 61.5 cm³/mol. The summed E-state index contributed by atoms with van der Waals surface area (Å²) in [5.74, 6) is -1.93. The minimum absolute atomic E-state index is 0.177. The standard InChI is InChI=1S/C11H10ClNO4/c1-17-9-3-2-6(4-8(9)12)13-5-7(10(13)14)11(15)16/h2-4,7H,5H2,1H3,(H,15,16). The quantitative estimate of drug-likeness (QED) is 0.655. The molecule has 1 unspecified atom stereocenters. The summed E-state index contributed by atoms with van der Waals surface area (Å²) < 4.78 is 4.99. The van der Waals surface area contributed by atoms with E-state index in [1.54, 1.807) is 18.2 Å². The lowest BCUT2D eigenvalue weighted by atomic mass is 9.98. The summed E-state index contributed by atoms with van der Waals surface area (Å²) in [5.41, 5.74) is 0.582. The molecule has 1 amide bonds. The third-order valence-corrected chi connectivity index (χ3v) is 2.97. The zero-order valence-electron chi connectivity index (χ0n) is 9.01. The van der Waals surface area contributed by atoms with Gasteiger partial charge in [-0.05, 0) is 18.2 Å². The van der Waals surface area contributed by atoms with Gasteiger partial charge in [0.25, 0.3) is 0 Å². The number of anilines is 1. The molecular formula is C11H10ClNO4. The molecule has 5 nitrogen and oxygen atoms in total. The van der Waals surface area contributed by atoms with E-state index in [4.69, 9.17) is 21.4 Å². The maximum atomic E-state index is 11.5. The molecule has 1 aliphatic rings. The molecule has 0 radical (unpaired) electrons. The van der Waals surface area contributed by atoms with Crippen molar-refractivity contribution in [1.82, 2.24) is 0 Å². The van der Waals surface area contributed by atoms with Gasteiger partial charge in [0.05, 0.1) is 12.1 Å². The maximum Gasteiger partial charge on any atom is 0.317 e. The fourth-order valence-electron chi connectivity index (χ4n) is 1.67. The number of benzene rings is 1. The molecule has 1 heterocycles. The first kappa shape index (κ1) is 11.7. The van der Waals surface area contributed by atoms with Gasteiger partial charge in [-0.2, -0.15) is 0 Å². The van der Waals surface area contributed by atoms with E-state index in [0.717, 1.165) is 0 Å². The highest BCUT2D eigenvalue weighted by Gasteiger charge is 2.42. The van der Waals surface area contributed by atoms with Gasteiger partial charge in [-0.15, -0.1) is 0 Å². The van der Waals surface area contributed by atoms with Gasteiger partial charge in [0.2, 0.25) is 5.91 Å². The van der Waals surface area contributed by atoms with Gasteiger partial charge in [0.1, 0.15) is 5.75 Å². The van der Waals surface area contributed by atoms with Crippen molar-refractivity contribution in [2.75, 3.05) is 18.6 Å². The van der Waals surface area contributed by atoms with Crippen molar-refractivity contribution in [3.63, 3.8) is 0 Å². The summed E-state index contributed by atoms with van der Waals surface area (Å²) in [6.07, 6.45) is 0. The van der Waals surface area contributed by atoms with E-state index in [-0.39, 0.29) is 6.54 Å². The number of ether oxygens (including phenoxy) is 1. The molecule has 90 valence electrons. The second kappa shape index (κ2) is 4.25. The van der Waals surface area contributed by atoms with Crippen LogP contribution in [0.2, 0.25) is 5.02 Å². The van der Waals surface area contributed by atoms with Crippen molar-refractivity contribution in [3.8, 4) is 5.75 Å². The monoisotopic (exact) mass is 255 g/mol. The number of rotatable bonds is 3. The van der Waals surface area contributed by atoms with Gasteiger partial charge in [-0.3, -0.25) is 9.59 Å². The minimum Gasteiger partial charge on any atom is -0.495 e. The Hall–Kier alpha value is -1.75. The number of carboxylic acids is 1. The topological polar surface area (TPSA) is 66.8 Å². The van der Waals surface area contributed by atoms with Gasteiger partial charge in [0.15, 0.2) is 5.92 Å². The van der Waals surface area contributed by atoms with Crippen LogP contribution in [-0.2, 0) is 9.59 Å². The second-order valence-electron chi connectivity index (χ2n) is 3.66. The number of nitrogens with zero attached hydrogens (tertiary/aromatic N) is 1. The summed E-state index contributed by atoms with van der Waals surface area (Å²) in [5, 5.41) is 9.10. The van der Waals surface area contributed by atoms with Crippen LogP contribution in [0, 0.1) is 5.92 Å². The molecule has 1 atom stereocenters. The van der Waals surface area contributed by atoms with E-state index in [2.05, 4.69) is 0 Å². The molecule has 0 aromatic heterocycles. The number of hydrogen-bond acceptors (Lipinski definition) is 3. The van der Waals surface area contributed by atoms with E-state index >= 15 is 0 Å². The minimum atomic E-state index is -1.09. The van der Waals surface area contributed by atoms with Crippen molar-refractivity contribution in [3.05, 3.63) is 23.2 Å². The fourth-order valence-corrected chi connectivity index (χ4v) is 1.92. The average molecular weight is 256 g/mol. The summed E-state index contributed by atoms with van der Waals surface area (Å²) in [7, 11) is 1.50. The maximum absolute atomic E-state index is 11.5. The summed E-state index contributed by atoms with van der Waals surface area (Å²) in [6.45, 7) is 0.177. The summed E-state index contributed by atoms with van der Waals surface area (Å²) in [4.78, 5) is 23.6. The molecular weight excluding hydrogens is 246 g/mol. The van der Waals surface area contributed by atoms with Crippen LogP contribution in [0.5, 0.6) is 5.75 Å². The molecule has 0 saturated carbocycles. The van der Waals surface area contributed by atoms with E-state index in [9.17, 15) is 9.59 Å². The first-order valence-corrected chi connectivity index (χ1v) is 5.30. The van der Waals surface area contributed by atoms with Gasteiger partial charge in [-0.25, -0.2) is 0 Å². The molecule has 1 aliphatic heterocycles. The average Bonchev–Trinajstić information content (AvgIpc) is 2.27. The Kier molecular flexibility index (Phi) is 2.93. The lowest BCUT2D eigenvalue weighted by molar-refractivity contribution is -0.149. The van der Waals surface area contributed by atoms with Gasteiger partial charge in [0, 0.05) is 12.2 Å². The number of halogens is 1. The van der Waals surface area contributed by atoms with Crippen LogP contribution in [0.15, 0.2) is 18.2 Å². The third kappa shape index (κ3) is 1.93. The second-order valence-corrected chi connectivity index (χ2v) is 4.07. The van der Waals surface area contributed by atoms with E-state index in [0.29, 0.717) is 16.5 Å². The number of amides is 1. The van der Waals surface area contributed by atoms with Crippen molar-refractivity contribution in [2.24, 2.45) is 5.92 Å². The molecule has 1 N–H and O–H groups in total. The number of aliphatic carboxylic acids is 1. The number of carbonyl (C=O) groups excluding carboxylic acids is 1. The van der Waals surface area contributed by atoms with Crippen LogP contribution in [0.25, 0.3) is 0 Å². The molecule has 1 aromatic rings. The third-order valence-electron chi connectivity index (χ3n) is 2.67. The Morgan fingerprint density at radius 3 is 2.76 bits per heavy atom. The smallest absolute Gasteiger partial charge is 0.317 e. The molecule has 1 saturated heterocycles. The molecule has 17 heavy (non-hydrogen) atoms. The Balaban J connectivity index is 2.18. The zero-order chi connectivity index (χ0) is 12.6. The Morgan fingerprint density at radius 2 is 2.29 bits per heavy atom. The Bertz CT molecular complexity index is 488. The lowest BCUT2D eigenvalue weighted by Crippen LogP contribution is -2.56. The van der Waals surface area contributed by atoms with Gasteiger partial charge < -0.3 is 14.7 Å². The van der Waals surface area contributed by atoms with E-state index in [1.807, 2.05) is 0 Å². The molecule has 0 aliphatic carbocycles. The largest absolute Gasteiger partial charge is 0.495 e. The zero-order valence-corrected chi connectivity index (χ0v) is 9.77. The van der Waals surface area contributed by atoms with E-state index in [1.165, 1.54) is 12.0 Å². The molecule has 0 spiro atoms. The van der Waals surface area contributed by atoms with Crippen molar-refractivity contribution >= 4 is 29.2 Å². The van der Waals surface area contributed by atoms with Crippen LogP contribution in [0.3, 0.4) is 0 Å². The van der Waals surface area contributed by atoms with E-state index < -0.39 is 17.8 Å². The number of methoxy groups -OCH3 is 1. The van der Waals surface area contributed by atoms with Crippen LogP contribution < -0.4 is 9.64 Å². The molecule has 6 heteroatoms. The van der Waals surface area contributed by atoms with Gasteiger partial charge in [-0.1, -0.05) is 11.6 Å².